The molecule has 6 aliphatic rings. The van der Waals surface area contributed by atoms with Crippen molar-refractivity contribution in [2.24, 2.45) is 0 Å². The fourth-order valence-electron chi connectivity index (χ4n) is 15.8. The summed E-state index contributed by atoms with van der Waals surface area (Å²) in [4.78, 5) is 152. The number of thioether (sulfide) groups is 3. The van der Waals surface area contributed by atoms with E-state index in [4.69, 9.17) is 28.4 Å². The second-order valence-electron chi connectivity index (χ2n) is 32.9. The Morgan fingerprint density at radius 2 is 0.634 bits per heavy atom. The Hall–Kier alpha value is -6.77. The van der Waals surface area contributed by atoms with Crippen LogP contribution in [-0.4, -0.2) is 277 Å². The number of primary amides is 1. The number of benzene rings is 1. The minimum absolute atomic E-state index is 0.0198. The number of hydrogen-bond donors (Lipinski definition) is 15. The molecule has 6 aliphatic heterocycles. The van der Waals surface area contributed by atoms with Crippen molar-refractivity contribution < 1.29 is 91.3 Å². The van der Waals surface area contributed by atoms with Crippen molar-refractivity contribution in [3.05, 3.63) is 34.9 Å². The molecule has 0 radical (unpaired) electrons. The molecule has 0 spiro atoms. The number of nitrogens with two attached hydrogens (primary N) is 1. The number of carbonyl (C=O) groups excluding carboxylic acids is 12. The van der Waals surface area contributed by atoms with Gasteiger partial charge in [-0.05, 0) is 115 Å². The summed E-state index contributed by atoms with van der Waals surface area (Å²) in [6.07, 6.45) is 25.6. The molecule has 7 rings (SSSR count). The lowest BCUT2D eigenvalue weighted by atomic mass is 10.0. The van der Waals surface area contributed by atoms with Gasteiger partial charge in [0.1, 0.15) is 6.04 Å². The first-order valence-corrected chi connectivity index (χ1v) is 49.3. The topological polar surface area (TPSA) is 445 Å². The standard InChI is InChI=1S/C87H147N15O18S3/c1-4-64(94-73(103)31-19-16-28-70-79-67(58-121-70)97-85(112)100-79)55-76(106)88-34-22-14-12-10-8-7-9-11-13-15-23-35-91-82(109)61-52-62(83(110)92-38-26-42-117-46-50-119-48-44-115-40-24-36-89-77(107)56-65(5-2)95-74(104)32-20-17-29-71-80-68(59-122-71)98-86(113)101-80)54-63(53-61)84(111)93-39-27-43-118-47-51-120-49-45-116-41-25-37-90-78(108)57-66(6-3)96-75(105)33-21-18-30-72-81-69(60-123-72)99-87(114)102-81/h52-54,64-72,79-81H,4-51,55-60H2,1-3H3,(H,88,106)(H,89,107)(H,90,108)(H,91,109)(H,92,110)(H,93,111)(H,94,103)(H,95,104)(H,96,105)(H2,97,100,112)(H2,98,101,113)(H2,99,102,114)/p+1. The number of hydrogen-bond acceptors (Lipinski definition) is 21. The van der Waals surface area contributed by atoms with Gasteiger partial charge in [-0.2, -0.15) is 23.5 Å². The van der Waals surface area contributed by atoms with Gasteiger partial charge in [-0.15, -0.1) is 11.8 Å². The van der Waals surface area contributed by atoms with Crippen LogP contribution in [0.2, 0.25) is 0 Å². The summed E-state index contributed by atoms with van der Waals surface area (Å²) in [6.45, 7) is 12.9. The van der Waals surface area contributed by atoms with Crippen LogP contribution in [0.5, 0.6) is 0 Å². The number of quaternary nitrogens is 1. The van der Waals surface area contributed by atoms with Gasteiger partial charge in [-0.3, -0.25) is 53.8 Å². The molecule has 0 bridgehead atoms. The molecule has 6 heterocycles. The number of ether oxygens (including phenoxy) is 6. The first kappa shape index (κ1) is 103. The van der Waals surface area contributed by atoms with Crippen molar-refractivity contribution in [3.8, 4) is 0 Å². The summed E-state index contributed by atoms with van der Waals surface area (Å²) in [5, 5.41) is 44.7. The van der Waals surface area contributed by atoms with Gasteiger partial charge >= 0.3 is 18.1 Å². The van der Waals surface area contributed by atoms with Crippen molar-refractivity contribution in [1.29, 1.82) is 0 Å². The average Bonchev–Trinajstić information content (AvgIpc) is 1.56. The second kappa shape index (κ2) is 62.4. The van der Waals surface area contributed by atoms with Crippen LogP contribution in [0.4, 0.5) is 14.4 Å². The highest BCUT2D eigenvalue weighted by atomic mass is 32.2. The summed E-state index contributed by atoms with van der Waals surface area (Å²) in [6, 6.07) is 4.91. The minimum atomic E-state index is -0.438. The maximum Gasteiger partial charge on any atom is 0.414 e. The first-order chi connectivity index (χ1) is 59.9. The lowest BCUT2D eigenvalue weighted by Crippen LogP contribution is -2.91. The van der Waals surface area contributed by atoms with Crippen molar-refractivity contribution >= 4 is 107 Å². The van der Waals surface area contributed by atoms with E-state index in [9.17, 15) is 57.5 Å². The van der Waals surface area contributed by atoms with Crippen molar-refractivity contribution in [2.45, 2.75) is 303 Å². The number of nitrogens with one attached hydrogen (secondary N) is 14. The molecule has 16 N–H and O–H groups in total. The number of urea groups is 3. The first-order valence-electron chi connectivity index (χ1n) is 46.2. The van der Waals surface area contributed by atoms with Gasteiger partial charge in [-0.1, -0.05) is 97.8 Å². The summed E-state index contributed by atoms with van der Waals surface area (Å²) in [5.74, 6) is 1.13. The van der Waals surface area contributed by atoms with Crippen molar-refractivity contribution in [3.63, 3.8) is 0 Å². The fourth-order valence-corrected chi connectivity index (χ4v) is 20.5. The third-order valence-corrected chi connectivity index (χ3v) is 27.5. The summed E-state index contributed by atoms with van der Waals surface area (Å²) < 4.78 is 34.1. The zero-order valence-electron chi connectivity index (χ0n) is 73.5. The Balaban J connectivity index is 0.688. The zero-order valence-corrected chi connectivity index (χ0v) is 75.9. The molecule has 696 valence electrons. The monoisotopic (exact) mass is 1790 g/mol. The third kappa shape index (κ3) is 43.1. The van der Waals surface area contributed by atoms with E-state index in [1.54, 1.807) is 5.32 Å². The Bertz CT molecular complexity index is 3000. The molecule has 6 saturated heterocycles. The molecule has 123 heavy (non-hydrogen) atoms. The highest BCUT2D eigenvalue weighted by molar-refractivity contribution is 8.00. The van der Waals surface area contributed by atoms with Gasteiger partial charge in [0.05, 0.1) is 83.1 Å². The van der Waals surface area contributed by atoms with E-state index in [-0.39, 0.29) is 157 Å². The molecule has 33 nitrogen and oxygen atoms in total. The van der Waals surface area contributed by atoms with Crippen LogP contribution < -0.4 is 79.8 Å². The Morgan fingerprint density at radius 3 is 0.976 bits per heavy atom. The maximum absolute atomic E-state index is 13.7. The zero-order chi connectivity index (χ0) is 87.9. The molecule has 6 fully saturated rings. The van der Waals surface area contributed by atoms with Gasteiger partial charge in [0.2, 0.25) is 35.4 Å². The minimum Gasteiger partial charge on any atom is -0.379 e. The van der Waals surface area contributed by atoms with Gasteiger partial charge in [0.15, 0.2) is 0 Å². The van der Waals surface area contributed by atoms with Gasteiger partial charge in [0.25, 0.3) is 17.7 Å². The molecular weight excluding hydrogens is 1640 g/mol. The summed E-state index contributed by atoms with van der Waals surface area (Å²) in [7, 11) is 0. The second-order valence-corrected chi connectivity index (χ2v) is 36.8. The van der Waals surface area contributed by atoms with E-state index in [0.29, 0.717) is 191 Å². The van der Waals surface area contributed by atoms with Crippen LogP contribution in [0.1, 0.15) is 264 Å². The van der Waals surface area contributed by atoms with Crippen molar-refractivity contribution in [2.75, 3.05) is 136 Å². The number of rotatable bonds is 72. The third-order valence-electron chi connectivity index (χ3n) is 23.0. The predicted molar refractivity (Wildman–Crippen MR) is 478 cm³/mol. The van der Waals surface area contributed by atoms with E-state index in [1.165, 1.54) is 18.2 Å². The van der Waals surface area contributed by atoms with Gasteiger partial charge in [-0.25, -0.2) is 14.4 Å². The SMILES string of the molecule is CCC(CC(=O)NCCCCCCCCCCCCCNC(=O)c1cc(C(=O)NCCCOCCOCCOCCCNC(=O)CC(CC)NC(=O)CCCCC2SCC3NC(=O)NC32)cc(C(=O)NCCCOCCOCCOCCCNC(=O)CC(CC)NC(=O)CCCCC2SCC3[NH2+]C(=O)NC32)c1)NC(=O)CCCCC1SCC2NC(=O)NC21. The Kier molecular flexibility index (Phi) is 52.4. The summed E-state index contributed by atoms with van der Waals surface area (Å²) >= 11 is 5.65. The molecule has 0 aliphatic carbocycles. The van der Waals surface area contributed by atoms with E-state index in [2.05, 4.69) is 74.4 Å². The molecule has 12 unspecified atom stereocenters. The number of amides is 15. The van der Waals surface area contributed by atoms with E-state index < -0.39 is 11.8 Å². The van der Waals surface area contributed by atoms with Crippen LogP contribution in [-0.2, 0) is 57.2 Å². The molecule has 15 amide bonds. The molecule has 0 saturated carbocycles. The van der Waals surface area contributed by atoms with E-state index >= 15 is 0 Å². The number of carbonyl (C=O) groups is 12. The summed E-state index contributed by atoms with van der Waals surface area (Å²) in [5.41, 5.74) is 0.537. The Labute approximate surface area is 741 Å². The predicted octanol–water partition coefficient (Wildman–Crippen LogP) is 6.18. The molecule has 1 aromatic rings. The average molecular weight is 1790 g/mol. The molecule has 1 aromatic carbocycles. The quantitative estimate of drug-likeness (QED) is 0.0255. The lowest BCUT2D eigenvalue weighted by molar-refractivity contribution is -0.575. The van der Waals surface area contributed by atoms with Crippen LogP contribution in [0.15, 0.2) is 18.2 Å². The van der Waals surface area contributed by atoms with Crippen LogP contribution >= 0.6 is 35.3 Å². The molecule has 12 atom stereocenters. The van der Waals surface area contributed by atoms with Gasteiger partial charge < -0.3 is 97.5 Å². The smallest absolute Gasteiger partial charge is 0.379 e. The number of fused-ring (bicyclic) bond motifs is 3. The Morgan fingerprint density at radius 1 is 0.341 bits per heavy atom. The fraction of sp³-hybridized carbons (Fsp3) is 0.793. The lowest BCUT2D eigenvalue weighted by Gasteiger charge is -2.18. The van der Waals surface area contributed by atoms with Crippen molar-refractivity contribution in [1.82, 2.24) is 74.4 Å². The van der Waals surface area contributed by atoms with Crippen LogP contribution in [0, 0.1) is 0 Å². The number of unbranched alkanes of at least 4 members (excludes halogenated alkanes) is 13. The van der Waals surface area contributed by atoms with Gasteiger partial charge in [0, 0.05) is 172 Å². The van der Waals surface area contributed by atoms with Crippen LogP contribution in [0.25, 0.3) is 0 Å². The molecule has 36 heteroatoms. The maximum atomic E-state index is 13.7. The van der Waals surface area contributed by atoms with E-state index in [1.807, 2.05) is 56.1 Å². The largest absolute Gasteiger partial charge is 0.414 e. The highest BCUT2D eigenvalue weighted by Crippen LogP contribution is 2.35. The normalized spacial score (nSPS) is 20.5. The molecule has 0 aromatic heterocycles. The highest BCUT2D eigenvalue weighted by Gasteiger charge is 2.47. The van der Waals surface area contributed by atoms with E-state index in [0.717, 1.165) is 146 Å². The molecular formula is C87H148N15O18S3+. The van der Waals surface area contributed by atoms with Crippen LogP contribution in [0.3, 0.4) is 0 Å².